The Morgan fingerprint density at radius 3 is 2.75 bits per heavy atom. The molecule has 1 aliphatic rings. The maximum absolute atomic E-state index is 10.3. The van der Waals surface area contributed by atoms with Crippen molar-refractivity contribution in [2.24, 2.45) is 5.92 Å². The zero-order valence-electron chi connectivity index (χ0n) is 9.86. The zero-order chi connectivity index (χ0) is 11.7. The van der Waals surface area contributed by atoms with Crippen LogP contribution in [0.4, 0.5) is 0 Å². The number of nitrogens with zero attached hydrogens (tertiary/aromatic N) is 2. The van der Waals surface area contributed by atoms with Gasteiger partial charge in [0.25, 0.3) is 0 Å². The Hall–Kier alpha value is -0.350. The second-order valence-corrected chi connectivity index (χ2v) is 5.82. The molecule has 1 unspecified atom stereocenters. The van der Waals surface area contributed by atoms with Crippen molar-refractivity contribution in [3.63, 3.8) is 0 Å². The summed E-state index contributed by atoms with van der Waals surface area (Å²) in [7, 11) is 0. The molecule has 1 aromatic heterocycles. The minimum absolute atomic E-state index is 0.289. The third-order valence-corrected chi connectivity index (χ3v) is 3.98. The van der Waals surface area contributed by atoms with Gasteiger partial charge in [0, 0.05) is 6.04 Å². The van der Waals surface area contributed by atoms with Gasteiger partial charge in [-0.25, -0.2) is 0 Å². The van der Waals surface area contributed by atoms with Gasteiger partial charge in [-0.2, -0.15) is 5.10 Å². The summed E-state index contributed by atoms with van der Waals surface area (Å²) >= 11 is 3.47. The van der Waals surface area contributed by atoms with Gasteiger partial charge in [0.2, 0.25) is 0 Å². The number of aliphatic hydroxyl groups excluding tert-OH is 1. The highest BCUT2D eigenvalue weighted by Gasteiger charge is 2.25. The van der Waals surface area contributed by atoms with Gasteiger partial charge in [0.15, 0.2) is 0 Å². The summed E-state index contributed by atoms with van der Waals surface area (Å²) in [5.41, 5.74) is 0.932. The van der Waals surface area contributed by atoms with Crippen molar-refractivity contribution < 1.29 is 5.11 Å². The average molecular weight is 287 g/mol. The summed E-state index contributed by atoms with van der Waals surface area (Å²) in [5, 5.41) is 14.6. The molecule has 1 heterocycles. The molecule has 90 valence electrons. The lowest BCUT2D eigenvalue weighted by molar-refractivity contribution is 0.108. The summed E-state index contributed by atoms with van der Waals surface area (Å²) in [4.78, 5) is 0. The number of rotatable bonds is 4. The summed E-state index contributed by atoms with van der Waals surface area (Å²) < 4.78 is 2.83. The van der Waals surface area contributed by atoms with Crippen LogP contribution in [0.2, 0.25) is 0 Å². The van der Waals surface area contributed by atoms with Crippen LogP contribution in [0.25, 0.3) is 0 Å². The Labute approximate surface area is 105 Å². The molecule has 0 amide bonds. The van der Waals surface area contributed by atoms with Crippen LogP contribution in [0.3, 0.4) is 0 Å². The molecular weight excluding hydrogens is 268 g/mol. The highest BCUT2D eigenvalue weighted by molar-refractivity contribution is 9.10. The van der Waals surface area contributed by atoms with Crippen LogP contribution >= 0.6 is 15.9 Å². The van der Waals surface area contributed by atoms with Gasteiger partial charge >= 0.3 is 0 Å². The molecule has 1 aliphatic carbocycles. The maximum Gasteiger partial charge on any atom is 0.0970 e. The van der Waals surface area contributed by atoms with E-state index in [-0.39, 0.29) is 12.1 Å². The molecule has 4 heteroatoms. The first-order chi connectivity index (χ1) is 7.59. The van der Waals surface area contributed by atoms with Gasteiger partial charge in [-0.3, -0.25) is 4.68 Å². The summed E-state index contributed by atoms with van der Waals surface area (Å²) in [6.07, 6.45) is 6.12. The second kappa shape index (κ2) is 4.88. The topological polar surface area (TPSA) is 38.0 Å². The molecule has 0 aromatic carbocycles. The van der Waals surface area contributed by atoms with Crippen LogP contribution in [0.15, 0.2) is 10.7 Å². The van der Waals surface area contributed by atoms with Gasteiger partial charge in [0.05, 0.1) is 22.5 Å². The first kappa shape index (κ1) is 12.1. The molecule has 0 spiro atoms. The standard InChI is InChI=1S/C12H19BrN2O/c1-8(2)15-12(10(13)7-14-15)11(16)6-9-4-3-5-9/h7-9,11,16H,3-6H2,1-2H3. The van der Waals surface area contributed by atoms with Crippen LogP contribution in [-0.2, 0) is 0 Å². The van der Waals surface area contributed by atoms with E-state index in [9.17, 15) is 5.11 Å². The van der Waals surface area contributed by atoms with E-state index in [1.165, 1.54) is 19.3 Å². The van der Waals surface area contributed by atoms with Crippen molar-refractivity contribution >= 4 is 15.9 Å². The number of hydrogen-bond donors (Lipinski definition) is 1. The first-order valence-electron chi connectivity index (χ1n) is 6.00. The first-order valence-corrected chi connectivity index (χ1v) is 6.80. The zero-order valence-corrected chi connectivity index (χ0v) is 11.4. The Morgan fingerprint density at radius 1 is 1.56 bits per heavy atom. The van der Waals surface area contributed by atoms with Crippen LogP contribution in [0, 0.1) is 5.92 Å². The van der Waals surface area contributed by atoms with Crippen molar-refractivity contribution in [1.29, 1.82) is 0 Å². The molecular formula is C12H19BrN2O. The normalized spacial score (nSPS) is 18.8. The minimum atomic E-state index is -0.385. The fourth-order valence-corrected chi connectivity index (χ4v) is 2.77. The molecule has 0 saturated heterocycles. The number of hydrogen-bond acceptors (Lipinski definition) is 2. The van der Waals surface area contributed by atoms with Crippen molar-refractivity contribution in [1.82, 2.24) is 9.78 Å². The molecule has 1 saturated carbocycles. The molecule has 2 rings (SSSR count). The van der Waals surface area contributed by atoms with Crippen LogP contribution in [0.5, 0.6) is 0 Å². The highest BCUT2D eigenvalue weighted by atomic mass is 79.9. The van der Waals surface area contributed by atoms with E-state index in [4.69, 9.17) is 0 Å². The van der Waals surface area contributed by atoms with E-state index in [1.807, 2.05) is 4.68 Å². The maximum atomic E-state index is 10.3. The molecule has 1 atom stereocenters. The van der Waals surface area contributed by atoms with Crippen molar-refractivity contribution in [2.45, 2.75) is 51.7 Å². The van der Waals surface area contributed by atoms with Crippen LogP contribution < -0.4 is 0 Å². The lowest BCUT2D eigenvalue weighted by atomic mass is 9.81. The van der Waals surface area contributed by atoms with Gasteiger partial charge in [-0.05, 0) is 42.1 Å². The lowest BCUT2D eigenvalue weighted by Crippen LogP contribution is -2.18. The molecule has 1 fully saturated rings. The Kier molecular flexibility index (Phi) is 3.70. The van der Waals surface area contributed by atoms with E-state index in [0.29, 0.717) is 5.92 Å². The second-order valence-electron chi connectivity index (χ2n) is 4.96. The molecule has 0 radical (unpaired) electrons. The van der Waals surface area contributed by atoms with Gasteiger partial charge in [0.1, 0.15) is 0 Å². The number of aromatic nitrogens is 2. The van der Waals surface area contributed by atoms with Gasteiger partial charge in [-0.1, -0.05) is 19.3 Å². The predicted octanol–water partition coefficient (Wildman–Crippen LogP) is 3.45. The van der Waals surface area contributed by atoms with E-state index in [0.717, 1.165) is 16.6 Å². The van der Waals surface area contributed by atoms with Crippen molar-refractivity contribution in [2.75, 3.05) is 0 Å². The van der Waals surface area contributed by atoms with Crippen molar-refractivity contribution in [3.8, 4) is 0 Å². The Balaban J connectivity index is 2.13. The smallest absolute Gasteiger partial charge is 0.0970 e. The van der Waals surface area contributed by atoms with E-state index in [2.05, 4.69) is 34.9 Å². The quantitative estimate of drug-likeness (QED) is 0.921. The summed E-state index contributed by atoms with van der Waals surface area (Å²) in [5.74, 6) is 0.706. The Bertz CT molecular complexity index is 358. The Morgan fingerprint density at radius 2 is 2.25 bits per heavy atom. The molecule has 3 nitrogen and oxygen atoms in total. The molecule has 0 aliphatic heterocycles. The fourth-order valence-electron chi connectivity index (χ4n) is 2.23. The van der Waals surface area contributed by atoms with Crippen LogP contribution in [-0.4, -0.2) is 14.9 Å². The van der Waals surface area contributed by atoms with Gasteiger partial charge in [-0.15, -0.1) is 0 Å². The lowest BCUT2D eigenvalue weighted by Gasteiger charge is -2.28. The van der Waals surface area contributed by atoms with E-state index < -0.39 is 0 Å². The predicted molar refractivity (Wildman–Crippen MR) is 67.2 cm³/mol. The van der Waals surface area contributed by atoms with Crippen LogP contribution in [0.1, 0.15) is 57.4 Å². The van der Waals surface area contributed by atoms with Crippen molar-refractivity contribution in [3.05, 3.63) is 16.4 Å². The van der Waals surface area contributed by atoms with E-state index in [1.54, 1.807) is 6.20 Å². The van der Waals surface area contributed by atoms with E-state index >= 15 is 0 Å². The number of halogens is 1. The molecule has 0 bridgehead atoms. The molecule has 16 heavy (non-hydrogen) atoms. The third kappa shape index (κ3) is 2.33. The molecule has 1 aromatic rings. The largest absolute Gasteiger partial charge is 0.387 e. The average Bonchev–Trinajstić information content (AvgIpc) is 2.53. The number of aliphatic hydroxyl groups is 1. The summed E-state index contributed by atoms with van der Waals surface area (Å²) in [6, 6.07) is 0.289. The summed E-state index contributed by atoms with van der Waals surface area (Å²) in [6.45, 7) is 4.16. The SMILES string of the molecule is CC(C)n1ncc(Br)c1C(O)CC1CCC1. The fraction of sp³-hybridized carbons (Fsp3) is 0.750. The monoisotopic (exact) mass is 286 g/mol. The third-order valence-electron chi connectivity index (χ3n) is 3.37. The highest BCUT2D eigenvalue weighted by Crippen LogP contribution is 2.37. The van der Waals surface area contributed by atoms with Gasteiger partial charge < -0.3 is 5.11 Å². The molecule has 1 N–H and O–H groups in total. The minimum Gasteiger partial charge on any atom is -0.387 e.